The Hall–Kier alpha value is -3.97. The first kappa shape index (κ1) is 18.4. The highest BCUT2D eigenvalue weighted by Gasteiger charge is 2.23. The molecule has 0 radical (unpaired) electrons. The number of rotatable bonds is 5. The third kappa shape index (κ3) is 3.46. The van der Waals surface area contributed by atoms with Crippen molar-refractivity contribution in [3.05, 3.63) is 96.1 Å². The Morgan fingerprint density at radius 1 is 0.862 bits per heavy atom. The summed E-state index contributed by atoms with van der Waals surface area (Å²) in [5, 5.41) is 9.92. The van der Waals surface area contributed by atoms with Gasteiger partial charge in [-0.15, -0.1) is 0 Å². The highest BCUT2D eigenvalue weighted by atomic mass is 16.5. The van der Waals surface area contributed by atoms with Gasteiger partial charge in [0.15, 0.2) is 0 Å². The summed E-state index contributed by atoms with van der Waals surface area (Å²) in [5.74, 6) is 1.28. The zero-order valence-electron chi connectivity index (χ0n) is 16.2. The zero-order valence-corrected chi connectivity index (χ0v) is 16.2. The number of ether oxygens (including phenoxy) is 1. The fourth-order valence-electron chi connectivity index (χ4n) is 3.61. The van der Waals surface area contributed by atoms with Crippen LogP contribution in [0.15, 0.2) is 84.9 Å². The molecule has 0 fully saturated rings. The maximum Gasteiger partial charge on any atom is 0.123 e. The Bertz CT molecular complexity index is 1150. The average Bonchev–Trinajstić information content (AvgIpc) is 3.07. The lowest BCUT2D eigenvalue weighted by Gasteiger charge is -2.14. The van der Waals surface area contributed by atoms with Crippen LogP contribution in [-0.4, -0.2) is 11.7 Å². The molecule has 142 valence electrons. The van der Waals surface area contributed by atoms with E-state index in [0.29, 0.717) is 17.9 Å². The van der Waals surface area contributed by atoms with Gasteiger partial charge in [-0.05, 0) is 28.8 Å². The van der Waals surface area contributed by atoms with Gasteiger partial charge in [-0.3, -0.25) is 0 Å². The van der Waals surface area contributed by atoms with Crippen LogP contribution in [-0.2, 0) is 6.54 Å². The van der Waals surface area contributed by atoms with E-state index in [1.165, 1.54) is 0 Å². The van der Waals surface area contributed by atoms with Gasteiger partial charge in [0, 0.05) is 12.1 Å². The number of nitriles is 1. The molecular formula is C25H21N3O. The number of hydrogen-bond donors (Lipinski definition) is 1. The molecule has 0 unspecified atom stereocenters. The van der Waals surface area contributed by atoms with E-state index in [1.807, 2.05) is 89.5 Å². The summed E-state index contributed by atoms with van der Waals surface area (Å²) in [7, 11) is 1.65. The standard InChI is InChI=1S/C25H21N3O/c1-29-21-14-12-18(13-15-21)17-28-24(20-10-6-3-7-11-20)23(22(16-26)25(28)27)19-8-4-2-5-9-19/h2-15H,17,27H2,1H3. The lowest BCUT2D eigenvalue weighted by atomic mass is 9.98. The van der Waals surface area contributed by atoms with Gasteiger partial charge in [0.25, 0.3) is 0 Å². The van der Waals surface area contributed by atoms with Crippen molar-refractivity contribution in [1.82, 2.24) is 4.57 Å². The molecule has 0 atom stereocenters. The summed E-state index contributed by atoms with van der Waals surface area (Å²) in [5.41, 5.74) is 11.9. The number of nitrogen functional groups attached to an aromatic ring is 1. The van der Waals surface area contributed by atoms with Crippen LogP contribution in [0.5, 0.6) is 5.75 Å². The Kier molecular flexibility index (Phi) is 5.05. The van der Waals surface area contributed by atoms with Crippen LogP contribution >= 0.6 is 0 Å². The summed E-state index contributed by atoms with van der Waals surface area (Å²) in [6.45, 7) is 0.557. The predicted molar refractivity (Wildman–Crippen MR) is 117 cm³/mol. The maximum atomic E-state index is 9.92. The summed E-state index contributed by atoms with van der Waals surface area (Å²) < 4.78 is 7.29. The third-order valence-electron chi connectivity index (χ3n) is 5.02. The Labute approximate surface area is 170 Å². The van der Waals surface area contributed by atoms with Gasteiger partial charge >= 0.3 is 0 Å². The molecule has 0 amide bonds. The minimum Gasteiger partial charge on any atom is -0.497 e. The molecule has 0 bridgehead atoms. The molecular weight excluding hydrogens is 358 g/mol. The molecule has 1 aromatic heterocycles. The number of aromatic nitrogens is 1. The summed E-state index contributed by atoms with van der Waals surface area (Å²) in [6.07, 6.45) is 0. The van der Waals surface area contributed by atoms with Gasteiger partial charge in [0.05, 0.1) is 12.8 Å². The van der Waals surface area contributed by atoms with E-state index in [1.54, 1.807) is 7.11 Å². The molecule has 29 heavy (non-hydrogen) atoms. The number of hydrogen-bond acceptors (Lipinski definition) is 3. The van der Waals surface area contributed by atoms with Gasteiger partial charge in [-0.1, -0.05) is 72.8 Å². The van der Waals surface area contributed by atoms with Gasteiger partial charge in [0.1, 0.15) is 23.2 Å². The van der Waals surface area contributed by atoms with E-state index < -0.39 is 0 Å². The van der Waals surface area contributed by atoms with Crippen LogP contribution in [0.25, 0.3) is 22.4 Å². The number of nitrogens with two attached hydrogens (primary N) is 1. The highest BCUT2D eigenvalue weighted by molar-refractivity contribution is 5.90. The normalized spacial score (nSPS) is 10.5. The molecule has 0 saturated carbocycles. The fraction of sp³-hybridized carbons (Fsp3) is 0.0800. The number of benzene rings is 3. The first-order chi connectivity index (χ1) is 14.2. The molecule has 1 heterocycles. The number of nitrogens with zero attached hydrogens (tertiary/aromatic N) is 2. The van der Waals surface area contributed by atoms with Gasteiger partial charge in [-0.25, -0.2) is 0 Å². The fourth-order valence-corrected chi connectivity index (χ4v) is 3.61. The van der Waals surface area contributed by atoms with E-state index in [-0.39, 0.29) is 0 Å². The van der Waals surface area contributed by atoms with Crippen molar-refractivity contribution in [2.45, 2.75) is 6.54 Å². The molecule has 2 N–H and O–H groups in total. The van der Waals surface area contributed by atoms with Crippen molar-refractivity contribution in [2.24, 2.45) is 0 Å². The summed E-state index contributed by atoms with van der Waals surface area (Å²) in [6, 6.07) is 30.2. The highest BCUT2D eigenvalue weighted by Crippen LogP contribution is 2.40. The van der Waals surface area contributed by atoms with Gasteiger partial charge in [0.2, 0.25) is 0 Å². The SMILES string of the molecule is COc1ccc(Cn2c(N)c(C#N)c(-c3ccccc3)c2-c2ccccc2)cc1. The maximum absolute atomic E-state index is 9.92. The molecule has 4 rings (SSSR count). The summed E-state index contributed by atoms with van der Waals surface area (Å²) >= 11 is 0. The lowest BCUT2D eigenvalue weighted by Crippen LogP contribution is -2.06. The quantitative estimate of drug-likeness (QED) is 0.509. The van der Waals surface area contributed by atoms with E-state index in [9.17, 15) is 5.26 Å². The van der Waals surface area contributed by atoms with E-state index >= 15 is 0 Å². The molecule has 4 nitrogen and oxygen atoms in total. The first-order valence-electron chi connectivity index (χ1n) is 9.38. The lowest BCUT2D eigenvalue weighted by molar-refractivity contribution is 0.414. The summed E-state index contributed by atoms with van der Waals surface area (Å²) in [4.78, 5) is 0. The van der Waals surface area contributed by atoms with Crippen molar-refractivity contribution in [1.29, 1.82) is 5.26 Å². The van der Waals surface area contributed by atoms with Crippen molar-refractivity contribution < 1.29 is 4.74 Å². The van der Waals surface area contributed by atoms with Gasteiger partial charge in [-0.2, -0.15) is 5.26 Å². The topological polar surface area (TPSA) is 64.0 Å². The third-order valence-corrected chi connectivity index (χ3v) is 5.02. The molecule has 4 aromatic rings. The second-order valence-corrected chi connectivity index (χ2v) is 6.76. The largest absolute Gasteiger partial charge is 0.497 e. The Morgan fingerprint density at radius 3 is 2.00 bits per heavy atom. The second-order valence-electron chi connectivity index (χ2n) is 6.76. The van der Waals surface area contributed by atoms with Crippen LogP contribution in [0.4, 0.5) is 5.82 Å². The van der Waals surface area contributed by atoms with Crippen LogP contribution < -0.4 is 10.5 Å². The minimum absolute atomic E-state index is 0.473. The Morgan fingerprint density at radius 2 is 1.45 bits per heavy atom. The zero-order chi connectivity index (χ0) is 20.2. The first-order valence-corrected chi connectivity index (χ1v) is 9.38. The van der Waals surface area contributed by atoms with E-state index in [2.05, 4.69) is 6.07 Å². The van der Waals surface area contributed by atoms with Crippen molar-refractivity contribution in [3.8, 4) is 34.2 Å². The minimum atomic E-state index is 0.473. The second kappa shape index (κ2) is 7.95. The number of methoxy groups -OCH3 is 1. The average molecular weight is 379 g/mol. The van der Waals surface area contributed by atoms with Crippen molar-refractivity contribution >= 4 is 5.82 Å². The van der Waals surface area contributed by atoms with Crippen LogP contribution in [0.2, 0.25) is 0 Å². The molecule has 0 aliphatic carbocycles. The van der Waals surface area contributed by atoms with Crippen LogP contribution in [0, 0.1) is 11.3 Å². The van der Waals surface area contributed by atoms with E-state index in [4.69, 9.17) is 10.5 Å². The Balaban J connectivity index is 1.95. The van der Waals surface area contributed by atoms with Gasteiger partial charge < -0.3 is 15.0 Å². The van der Waals surface area contributed by atoms with Crippen LogP contribution in [0.3, 0.4) is 0 Å². The molecule has 0 aliphatic rings. The monoisotopic (exact) mass is 379 g/mol. The van der Waals surface area contributed by atoms with E-state index in [0.717, 1.165) is 33.7 Å². The molecule has 0 saturated heterocycles. The van der Waals surface area contributed by atoms with Crippen molar-refractivity contribution in [3.63, 3.8) is 0 Å². The van der Waals surface area contributed by atoms with Crippen LogP contribution in [0.1, 0.15) is 11.1 Å². The molecule has 0 spiro atoms. The number of anilines is 1. The molecule has 4 heteroatoms. The molecule has 3 aromatic carbocycles. The predicted octanol–water partition coefficient (Wildman–Crippen LogP) is 5.33. The van der Waals surface area contributed by atoms with Crippen molar-refractivity contribution in [2.75, 3.05) is 12.8 Å². The molecule has 0 aliphatic heterocycles. The smallest absolute Gasteiger partial charge is 0.123 e.